The molecule has 0 fully saturated rings. The first kappa shape index (κ1) is 23.1. The number of rotatable bonds is 6. The Morgan fingerprint density at radius 1 is 1.13 bits per heavy atom. The van der Waals surface area contributed by atoms with Gasteiger partial charge in [-0.05, 0) is 63.8 Å². The van der Waals surface area contributed by atoms with Gasteiger partial charge in [-0.25, -0.2) is 8.42 Å². The molecule has 0 aliphatic carbocycles. The van der Waals surface area contributed by atoms with Crippen molar-refractivity contribution in [1.29, 1.82) is 0 Å². The van der Waals surface area contributed by atoms with Crippen LogP contribution in [0.1, 0.15) is 45.2 Å². The minimum absolute atomic E-state index is 0.00973. The van der Waals surface area contributed by atoms with Crippen molar-refractivity contribution in [2.45, 2.75) is 52.9 Å². The maximum atomic E-state index is 13.1. The van der Waals surface area contributed by atoms with Gasteiger partial charge in [0.15, 0.2) is 0 Å². The first-order valence-electron chi connectivity index (χ1n) is 10.6. The van der Waals surface area contributed by atoms with Crippen LogP contribution in [-0.2, 0) is 14.8 Å². The van der Waals surface area contributed by atoms with Crippen molar-refractivity contribution in [2.75, 3.05) is 22.8 Å². The molecule has 0 bridgehead atoms. The third kappa shape index (κ3) is 5.03. The van der Waals surface area contributed by atoms with Gasteiger partial charge in [0.05, 0.1) is 21.7 Å². The van der Waals surface area contributed by atoms with Crippen molar-refractivity contribution < 1.29 is 17.9 Å². The van der Waals surface area contributed by atoms with E-state index in [1.165, 1.54) is 0 Å². The minimum atomic E-state index is -3.75. The highest BCUT2D eigenvalue weighted by Gasteiger charge is 2.37. The first-order valence-corrected chi connectivity index (χ1v) is 12.1. The molecule has 31 heavy (non-hydrogen) atoms. The van der Waals surface area contributed by atoms with Gasteiger partial charge in [0.2, 0.25) is 5.91 Å². The molecule has 0 unspecified atom stereocenters. The molecule has 2 aromatic carbocycles. The number of aryl methyl sites for hydroxylation is 2. The van der Waals surface area contributed by atoms with Crippen LogP contribution >= 0.6 is 0 Å². The van der Waals surface area contributed by atoms with Crippen LogP contribution < -0.4 is 14.4 Å². The minimum Gasteiger partial charge on any atom is -0.490 e. The number of carbonyl (C=O) groups is 1. The summed E-state index contributed by atoms with van der Waals surface area (Å²) in [6, 6.07) is 10.3. The van der Waals surface area contributed by atoms with E-state index in [2.05, 4.69) is 18.6 Å². The molecular weight excluding hydrogens is 412 g/mol. The summed E-state index contributed by atoms with van der Waals surface area (Å²) in [6.45, 7) is 12.5. The van der Waals surface area contributed by atoms with Crippen LogP contribution in [0.4, 0.5) is 11.4 Å². The monoisotopic (exact) mass is 444 g/mol. The second kappa shape index (κ2) is 8.54. The number of carbonyl (C=O) groups excluding carboxylic acids is 1. The van der Waals surface area contributed by atoms with Gasteiger partial charge in [0.1, 0.15) is 12.4 Å². The average Bonchev–Trinajstić information content (AvgIpc) is 2.75. The summed E-state index contributed by atoms with van der Waals surface area (Å²) in [5.41, 5.74) is 2.09. The highest BCUT2D eigenvalue weighted by molar-refractivity contribution is 7.92. The molecule has 0 atom stereocenters. The van der Waals surface area contributed by atoms with E-state index in [4.69, 9.17) is 4.74 Å². The summed E-state index contributed by atoms with van der Waals surface area (Å²) < 4.78 is 34.5. The average molecular weight is 445 g/mol. The smallest absolute Gasteiger partial charge is 0.262 e. The van der Waals surface area contributed by atoms with E-state index in [0.717, 1.165) is 12.0 Å². The molecule has 1 heterocycles. The third-order valence-electron chi connectivity index (χ3n) is 5.47. The largest absolute Gasteiger partial charge is 0.490 e. The molecule has 1 aliphatic heterocycles. The lowest BCUT2D eigenvalue weighted by molar-refractivity contribution is -0.127. The Kier molecular flexibility index (Phi) is 6.37. The van der Waals surface area contributed by atoms with E-state index < -0.39 is 15.4 Å². The molecule has 0 radical (unpaired) electrons. The molecular formula is C24H32N2O4S. The number of hydrogen-bond donors (Lipinski definition) is 1. The molecule has 168 valence electrons. The number of nitrogens with zero attached hydrogens (tertiary/aromatic N) is 1. The lowest BCUT2D eigenvalue weighted by Gasteiger charge is -2.28. The number of amides is 1. The fraction of sp³-hybridized carbons (Fsp3) is 0.458. The van der Waals surface area contributed by atoms with Crippen molar-refractivity contribution in [3.8, 4) is 5.75 Å². The van der Waals surface area contributed by atoms with Crippen molar-refractivity contribution in [3.63, 3.8) is 0 Å². The first-order chi connectivity index (χ1) is 14.4. The molecule has 7 heteroatoms. The van der Waals surface area contributed by atoms with Crippen LogP contribution in [0.3, 0.4) is 0 Å². The van der Waals surface area contributed by atoms with Gasteiger partial charge in [0, 0.05) is 12.6 Å². The maximum Gasteiger partial charge on any atom is 0.262 e. The zero-order chi connectivity index (χ0) is 23.0. The highest BCUT2D eigenvalue weighted by Crippen LogP contribution is 2.39. The quantitative estimate of drug-likeness (QED) is 0.687. The summed E-state index contributed by atoms with van der Waals surface area (Å²) in [7, 11) is -3.75. The standard InChI is InChI=1S/C24H32N2O4S/c1-16(2)11-12-26-20-9-8-19(14-21(20)30-15-24(5,6)23(26)27)25-31(28,29)22-10-7-17(3)13-18(22)4/h7-10,13-14,16,25H,11-12,15H2,1-6H3. The molecule has 0 saturated carbocycles. The van der Waals surface area contributed by atoms with E-state index in [9.17, 15) is 13.2 Å². The maximum absolute atomic E-state index is 13.1. The van der Waals surface area contributed by atoms with Gasteiger partial charge in [0.25, 0.3) is 10.0 Å². The van der Waals surface area contributed by atoms with Crippen molar-refractivity contribution in [3.05, 3.63) is 47.5 Å². The number of hydrogen-bond acceptors (Lipinski definition) is 4. The number of sulfonamides is 1. The summed E-state index contributed by atoms with van der Waals surface area (Å²) >= 11 is 0. The molecule has 0 saturated heterocycles. The van der Waals surface area contributed by atoms with Gasteiger partial charge in [-0.1, -0.05) is 31.5 Å². The van der Waals surface area contributed by atoms with E-state index in [0.29, 0.717) is 35.2 Å². The van der Waals surface area contributed by atoms with Crippen LogP contribution in [0.2, 0.25) is 0 Å². The Balaban J connectivity index is 1.95. The summed E-state index contributed by atoms with van der Waals surface area (Å²) in [5, 5.41) is 0. The van der Waals surface area contributed by atoms with Crippen molar-refractivity contribution in [1.82, 2.24) is 0 Å². The summed E-state index contributed by atoms with van der Waals surface area (Å²) in [5.74, 6) is 0.964. The molecule has 1 aliphatic rings. The van der Waals surface area contributed by atoms with Crippen LogP contribution in [0.5, 0.6) is 5.75 Å². The zero-order valence-electron chi connectivity index (χ0n) is 19.2. The summed E-state index contributed by atoms with van der Waals surface area (Å²) in [4.78, 5) is 15.1. The number of fused-ring (bicyclic) bond motifs is 1. The zero-order valence-corrected chi connectivity index (χ0v) is 20.0. The molecule has 0 aromatic heterocycles. The van der Waals surface area contributed by atoms with Crippen molar-refractivity contribution >= 4 is 27.3 Å². The fourth-order valence-corrected chi connectivity index (χ4v) is 4.91. The molecule has 0 spiro atoms. The predicted octanol–water partition coefficient (Wildman–Crippen LogP) is 4.90. The Hall–Kier alpha value is -2.54. The van der Waals surface area contributed by atoms with Crippen LogP contribution in [0, 0.1) is 25.2 Å². The van der Waals surface area contributed by atoms with Gasteiger partial charge >= 0.3 is 0 Å². The summed E-state index contributed by atoms with van der Waals surface area (Å²) in [6.07, 6.45) is 0.863. The number of ether oxygens (including phenoxy) is 1. The fourth-order valence-electron chi connectivity index (χ4n) is 3.63. The van der Waals surface area contributed by atoms with Gasteiger partial charge in [-0.3, -0.25) is 9.52 Å². The second-order valence-electron chi connectivity index (χ2n) is 9.37. The Morgan fingerprint density at radius 2 is 1.84 bits per heavy atom. The van der Waals surface area contributed by atoms with Gasteiger partial charge in [-0.2, -0.15) is 0 Å². The highest BCUT2D eigenvalue weighted by atomic mass is 32.2. The third-order valence-corrected chi connectivity index (χ3v) is 7.01. The van der Waals surface area contributed by atoms with Gasteiger partial charge in [-0.15, -0.1) is 0 Å². The Bertz CT molecular complexity index is 1090. The number of nitrogens with one attached hydrogen (secondary N) is 1. The lowest BCUT2D eigenvalue weighted by atomic mass is 9.92. The molecule has 3 rings (SSSR count). The molecule has 1 N–H and O–H groups in total. The second-order valence-corrected chi connectivity index (χ2v) is 11.0. The van der Waals surface area contributed by atoms with Crippen LogP contribution in [0.15, 0.2) is 41.3 Å². The molecule has 2 aromatic rings. The molecule has 1 amide bonds. The SMILES string of the molecule is Cc1ccc(S(=O)(=O)Nc2ccc3c(c2)OCC(C)(C)C(=O)N3CCC(C)C)c(C)c1. The van der Waals surface area contributed by atoms with E-state index in [1.807, 2.05) is 26.8 Å². The Morgan fingerprint density at radius 3 is 2.48 bits per heavy atom. The van der Waals surface area contributed by atoms with E-state index in [-0.39, 0.29) is 17.4 Å². The normalized spacial score (nSPS) is 16.0. The predicted molar refractivity (Wildman–Crippen MR) is 124 cm³/mol. The van der Waals surface area contributed by atoms with Crippen molar-refractivity contribution in [2.24, 2.45) is 11.3 Å². The Labute approximate surface area is 185 Å². The topological polar surface area (TPSA) is 75.7 Å². The molecule has 6 nitrogen and oxygen atoms in total. The lowest BCUT2D eigenvalue weighted by Crippen LogP contribution is -2.42. The van der Waals surface area contributed by atoms with E-state index in [1.54, 1.807) is 42.2 Å². The van der Waals surface area contributed by atoms with Crippen LogP contribution in [-0.4, -0.2) is 27.5 Å². The number of benzene rings is 2. The van der Waals surface area contributed by atoms with Gasteiger partial charge < -0.3 is 9.64 Å². The number of anilines is 2. The van der Waals surface area contributed by atoms with Crippen LogP contribution in [0.25, 0.3) is 0 Å². The van der Waals surface area contributed by atoms with E-state index >= 15 is 0 Å².